The lowest BCUT2D eigenvalue weighted by Crippen LogP contribution is -2.49. The Balaban J connectivity index is 2.09. The standard InChI is InChI=1S/C35H53F2N5O4/c1-7-12-42(13-8-2)35(46)28-15-24(5)14-27(19-28)34(45)41-31(18-26-16-29(36)20-30(37)17-26)32(43)22-38-10-9-11-39-25(6)33(44)40-21-23(3)4/h14-17,19-20,23,25,31-32,38-39,43H,7-13,18,21-22H2,1-6H3,(H,40,44)(H,41,45)/t25?,31-,32-/m0/s1. The molecule has 0 spiro atoms. The topological polar surface area (TPSA) is 123 Å². The Morgan fingerprint density at radius 3 is 2.11 bits per heavy atom. The summed E-state index contributed by atoms with van der Waals surface area (Å²) in [4.78, 5) is 40.7. The van der Waals surface area contributed by atoms with Crippen LogP contribution in [-0.2, 0) is 11.2 Å². The fourth-order valence-corrected chi connectivity index (χ4v) is 5.07. The molecule has 0 saturated carbocycles. The molecular formula is C35H53F2N5O4. The van der Waals surface area contributed by atoms with Crippen LogP contribution in [0, 0.1) is 24.5 Å². The number of nitrogens with one attached hydrogen (secondary N) is 4. The Bertz CT molecular complexity index is 1250. The first-order chi connectivity index (χ1) is 21.8. The zero-order valence-electron chi connectivity index (χ0n) is 28.2. The molecule has 0 radical (unpaired) electrons. The molecule has 2 rings (SSSR count). The van der Waals surface area contributed by atoms with Crippen molar-refractivity contribution in [3.8, 4) is 0 Å². The number of hydrogen-bond acceptors (Lipinski definition) is 6. The van der Waals surface area contributed by atoms with Gasteiger partial charge in [-0.1, -0.05) is 27.7 Å². The third-order valence-electron chi connectivity index (χ3n) is 7.43. The highest BCUT2D eigenvalue weighted by atomic mass is 19.1. The summed E-state index contributed by atoms with van der Waals surface area (Å²) in [6, 6.07) is 6.84. The first-order valence-corrected chi connectivity index (χ1v) is 16.4. The number of halogens is 2. The second-order valence-electron chi connectivity index (χ2n) is 12.4. The van der Waals surface area contributed by atoms with Gasteiger partial charge in [0.15, 0.2) is 0 Å². The van der Waals surface area contributed by atoms with Gasteiger partial charge >= 0.3 is 0 Å². The summed E-state index contributed by atoms with van der Waals surface area (Å²) >= 11 is 0. The van der Waals surface area contributed by atoms with Crippen molar-refractivity contribution in [2.24, 2.45) is 5.92 Å². The molecule has 46 heavy (non-hydrogen) atoms. The molecule has 2 aromatic carbocycles. The Morgan fingerprint density at radius 1 is 0.870 bits per heavy atom. The number of carbonyl (C=O) groups excluding carboxylic acids is 3. The molecule has 11 heteroatoms. The van der Waals surface area contributed by atoms with Crippen molar-refractivity contribution >= 4 is 17.7 Å². The quantitative estimate of drug-likeness (QED) is 0.139. The smallest absolute Gasteiger partial charge is 0.253 e. The zero-order chi connectivity index (χ0) is 34.2. The van der Waals surface area contributed by atoms with E-state index in [1.165, 1.54) is 12.1 Å². The SMILES string of the molecule is CCCN(CCC)C(=O)c1cc(C)cc(C(=O)N[C@@H](Cc2cc(F)cc(F)c2)[C@@H](O)CNCCCNC(C)C(=O)NCC(C)C)c1. The highest BCUT2D eigenvalue weighted by Gasteiger charge is 2.24. The van der Waals surface area contributed by atoms with Gasteiger partial charge in [-0.25, -0.2) is 8.78 Å². The average molecular weight is 646 g/mol. The van der Waals surface area contributed by atoms with Gasteiger partial charge in [0.05, 0.1) is 18.2 Å². The number of rotatable bonds is 20. The molecule has 0 bridgehead atoms. The van der Waals surface area contributed by atoms with E-state index in [0.717, 1.165) is 24.5 Å². The van der Waals surface area contributed by atoms with E-state index in [1.54, 1.807) is 36.9 Å². The maximum absolute atomic E-state index is 14.0. The van der Waals surface area contributed by atoms with Crippen molar-refractivity contribution in [2.75, 3.05) is 39.3 Å². The monoisotopic (exact) mass is 645 g/mol. The predicted octanol–water partition coefficient (Wildman–Crippen LogP) is 3.97. The van der Waals surface area contributed by atoms with Gasteiger partial charge in [0.1, 0.15) is 11.6 Å². The number of amides is 3. The largest absolute Gasteiger partial charge is 0.390 e. The lowest BCUT2D eigenvalue weighted by molar-refractivity contribution is -0.122. The molecule has 256 valence electrons. The van der Waals surface area contributed by atoms with Crippen LogP contribution in [0.1, 0.15) is 85.7 Å². The van der Waals surface area contributed by atoms with Gasteiger partial charge in [-0.15, -0.1) is 0 Å². The van der Waals surface area contributed by atoms with Crippen LogP contribution < -0.4 is 21.3 Å². The molecule has 9 nitrogen and oxygen atoms in total. The number of aliphatic hydroxyl groups is 1. The summed E-state index contributed by atoms with van der Waals surface area (Å²) in [6.45, 7) is 14.7. The Morgan fingerprint density at radius 2 is 1.50 bits per heavy atom. The van der Waals surface area contributed by atoms with E-state index in [-0.39, 0.29) is 41.9 Å². The molecule has 5 N–H and O–H groups in total. The molecule has 0 heterocycles. The Labute approximate surface area is 272 Å². The van der Waals surface area contributed by atoms with E-state index >= 15 is 0 Å². The van der Waals surface area contributed by atoms with E-state index in [9.17, 15) is 28.3 Å². The van der Waals surface area contributed by atoms with Crippen molar-refractivity contribution in [2.45, 2.75) is 85.4 Å². The van der Waals surface area contributed by atoms with Crippen molar-refractivity contribution in [1.29, 1.82) is 0 Å². The maximum atomic E-state index is 14.0. The molecule has 0 aliphatic heterocycles. The Hall–Kier alpha value is -3.41. The second-order valence-corrected chi connectivity index (χ2v) is 12.4. The fraction of sp³-hybridized carbons (Fsp3) is 0.571. The molecule has 0 aromatic heterocycles. The van der Waals surface area contributed by atoms with Gasteiger partial charge in [0.2, 0.25) is 5.91 Å². The number of aliphatic hydroxyl groups excluding tert-OH is 1. The number of aryl methyl sites for hydroxylation is 1. The molecule has 0 aliphatic rings. The van der Waals surface area contributed by atoms with E-state index in [4.69, 9.17) is 0 Å². The number of carbonyl (C=O) groups is 3. The lowest BCUT2D eigenvalue weighted by Gasteiger charge is -2.25. The van der Waals surface area contributed by atoms with Gasteiger partial charge in [-0.05, 0) is 100.0 Å². The summed E-state index contributed by atoms with van der Waals surface area (Å²) in [5, 5.41) is 23.2. The van der Waals surface area contributed by atoms with E-state index < -0.39 is 29.7 Å². The molecule has 0 fully saturated rings. The molecule has 1 unspecified atom stereocenters. The summed E-state index contributed by atoms with van der Waals surface area (Å²) in [6.07, 6.45) is 1.17. The summed E-state index contributed by atoms with van der Waals surface area (Å²) < 4.78 is 28.0. The van der Waals surface area contributed by atoms with Crippen LogP contribution in [0.25, 0.3) is 0 Å². The van der Waals surface area contributed by atoms with Gasteiger partial charge < -0.3 is 31.3 Å². The number of benzene rings is 2. The third kappa shape index (κ3) is 13.5. The van der Waals surface area contributed by atoms with Gasteiger partial charge in [-0.2, -0.15) is 0 Å². The van der Waals surface area contributed by atoms with Crippen molar-refractivity contribution < 1.29 is 28.3 Å². The molecule has 3 atom stereocenters. The molecular weight excluding hydrogens is 592 g/mol. The van der Waals surface area contributed by atoms with Gasteiger partial charge in [0, 0.05) is 43.4 Å². The molecule has 3 amide bonds. The van der Waals surface area contributed by atoms with Crippen LogP contribution in [0.2, 0.25) is 0 Å². The van der Waals surface area contributed by atoms with Crippen LogP contribution in [0.15, 0.2) is 36.4 Å². The minimum Gasteiger partial charge on any atom is -0.390 e. The van der Waals surface area contributed by atoms with Crippen LogP contribution >= 0.6 is 0 Å². The van der Waals surface area contributed by atoms with E-state index in [2.05, 4.69) is 21.3 Å². The van der Waals surface area contributed by atoms with Crippen LogP contribution in [0.3, 0.4) is 0 Å². The Kier molecular flexibility index (Phi) is 16.8. The summed E-state index contributed by atoms with van der Waals surface area (Å²) in [5.74, 6) is -1.86. The van der Waals surface area contributed by atoms with E-state index in [1.807, 2.05) is 27.7 Å². The third-order valence-corrected chi connectivity index (χ3v) is 7.43. The summed E-state index contributed by atoms with van der Waals surface area (Å²) in [7, 11) is 0. The van der Waals surface area contributed by atoms with Crippen molar-refractivity contribution in [3.05, 3.63) is 70.3 Å². The van der Waals surface area contributed by atoms with Crippen LogP contribution in [-0.4, -0.2) is 85.2 Å². The average Bonchev–Trinajstić information content (AvgIpc) is 2.99. The highest BCUT2D eigenvalue weighted by molar-refractivity contribution is 6.00. The number of nitrogens with zero attached hydrogens (tertiary/aromatic N) is 1. The summed E-state index contributed by atoms with van der Waals surface area (Å²) in [5.41, 5.74) is 1.67. The predicted molar refractivity (Wildman–Crippen MR) is 178 cm³/mol. The molecule has 0 aliphatic carbocycles. The van der Waals surface area contributed by atoms with Gasteiger partial charge in [0.25, 0.3) is 11.8 Å². The normalized spacial score (nSPS) is 13.3. The van der Waals surface area contributed by atoms with E-state index in [0.29, 0.717) is 50.6 Å². The van der Waals surface area contributed by atoms with Crippen molar-refractivity contribution in [1.82, 2.24) is 26.2 Å². The maximum Gasteiger partial charge on any atom is 0.253 e. The highest BCUT2D eigenvalue weighted by Crippen LogP contribution is 2.16. The van der Waals surface area contributed by atoms with Crippen LogP contribution in [0.5, 0.6) is 0 Å². The fourth-order valence-electron chi connectivity index (χ4n) is 5.07. The number of hydrogen-bond donors (Lipinski definition) is 5. The molecule has 2 aromatic rings. The van der Waals surface area contributed by atoms with Gasteiger partial charge in [-0.3, -0.25) is 14.4 Å². The second kappa shape index (κ2) is 20.0. The van der Waals surface area contributed by atoms with Crippen LogP contribution in [0.4, 0.5) is 8.78 Å². The lowest BCUT2D eigenvalue weighted by atomic mass is 9.99. The first kappa shape index (κ1) is 38.8. The molecule has 0 saturated heterocycles. The first-order valence-electron chi connectivity index (χ1n) is 16.4. The minimum atomic E-state index is -1.10. The van der Waals surface area contributed by atoms with Crippen molar-refractivity contribution in [3.63, 3.8) is 0 Å². The minimum absolute atomic E-state index is 0.0216. The zero-order valence-corrected chi connectivity index (χ0v) is 28.2.